The molecule has 9 heteroatoms. The minimum atomic E-state index is -3.78. The molecule has 1 heterocycles. The number of nitrogens with zero attached hydrogens (tertiary/aromatic N) is 2. The second kappa shape index (κ2) is 10.4. The predicted octanol–water partition coefficient (Wildman–Crippen LogP) is 3.38. The van der Waals surface area contributed by atoms with Crippen LogP contribution in [0.25, 0.3) is 0 Å². The van der Waals surface area contributed by atoms with Crippen LogP contribution < -0.4 is 10.1 Å². The third-order valence-electron chi connectivity index (χ3n) is 5.61. The molecule has 1 fully saturated rings. The molecule has 1 amide bonds. The number of hydrogen-bond donors (Lipinski definition) is 1. The molecule has 1 saturated heterocycles. The fourth-order valence-electron chi connectivity index (χ4n) is 3.65. The molecule has 1 N–H and O–H groups in total. The van der Waals surface area contributed by atoms with Gasteiger partial charge in [-0.2, -0.15) is 4.31 Å². The van der Waals surface area contributed by atoms with Gasteiger partial charge in [-0.15, -0.1) is 0 Å². The first kappa shape index (κ1) is 25.5. The largest absolute Gasteiger partial charge is 0.491 e. The van der Waals surface area contributed by atoms with Crippen molar-refractivity contribution in [1.29, 1.82) is 0 Å². The molecule has 2 aromatic carbocycles. The van der Waals surface area contributed by atoms with Crippen molar-refractivity contribution >= 4 is 27.5 Å². The zero-order valence-electron chi connectivity index (χ0n) is 19.6. The first-order chi connectivity index (χ1) is 15.5. The molecule has 7 nitrogen and oxygen atoms in total. The lowest BCUT2D eigenvalue weighted by Gasteiger charge is -2.31. The monoisotopic (exact) mass is 493 g/mol. The maximum absolute atomic E-state index is 13.1. The zero-order valence-corrected chi connectivity index (χ0v) is 21.2. The first-order valence-corrected chi connectivity index (χ1v) is 12.8. The molecule has 0 aliphatic carbocycles. The molecule has 3 rings (SSSR count). The van der Waals surface area contributed by atoms with Crippen molar-refractivity contribution in [1.82, 2.24) is 14.5 Å². The van der Waals surface area contributed by atoms with Gasteiger partial charge < -0.3 is 15.0 Å². The number of piperazine rings is 1. The quantitative estimate of drug-likeness (QED) is 0.598. The summed E-state index contributed by atoms with van der Waals surface area (Å²) in [7, 11) is -1.83. The summed E-state index contributed by atoms with van der Waals surface area (Å²) in [5.74, 6) is 0.403. The smallest absolute Gasteiger partial charge is 0.251 e. The molecule has 0 spiro atoms. The minimum absolute atomic E-state index is 0.0447. The van der Waals surface area contributed by atoms with Crippen LogP contribution in [0.2, 0.25) is 5.02 Å². The number of rotatable bonds is 7. The SMILES string of the molecule is CN1CCN(S(=O)(=O)c2cc(C(=O)NCCOc3ccccc3C(C)(C)C)ccc2Cl)CC1. The molecular weight excluding hydrogens is 462 g/mol. The number of sulfonamides is 1. The Kier molecular flexibility index (Phi) is 8.05. The Morgan fingerprint density at radius 2 is 1.76 bits per heavy atom. The van der Waals surface area contributed by atoms with Crippen molar-refractivity contribution in [2.45, 2.75) is 31.1 Å². The summed E-state index contributed by atoms with van der Waals surface area (Å²) in [5.41, 5.74) is 1.27. The number of amides is 1. The molecule has 180 valence electrons. The van der Waals surface area contributed by atoms with E-state index in [-0.39, 0.29) is 33.3 Å². The lowest BCUT2D eigenvalue weighted by molar-refractivity contribution is 0.0946. The first-order valence-electron chi connectivity index (χ1n) is 11.0. The highest BCUT2D eigenvalue weighted by molar-refractivity contribution is 7.89. The van der Waals surface area contributed by atoms with Gasteiger partial charge in [0, 0.05) is 31.7 Å². The lowest BCUT2D eigenvalue weighted by Crippen LogP contribution is -2.47. The van der Waals surface area contributed by atoms with Crippen molar-refractivity contribution in [3.8, 4) is 5.75 Å². The Balaban J connectivity index is 1.64. The molecule has 0 radical (unpaired) electrons. The summed E-state index contributed by atoms with van der Waals surface area (Å²) in [5, 5.41) is 2.89. The van der Waals surface area contributed by atoms with Gasteiger partial charge >= 0.3 is 0 Å². The van der Waals surface area contributed by atoms with Gasteiger partial charge in [0.1, 0.15) is 17.3 Å². The van der Waals surface area contributed by atoms with Gasteiger partial charge in [-0.05, 0) is 42.3 Å². The Bertz CT molecular complexity index is 1090. The van der Waals surface area contributed by atoms with Gasteiger partial charge in [-0.1, -0.05) is 50.6 Å². The van der Waals surface area contributed by atoms with Crippen molar-refractivity contribution < 1.29 is 17.9 Å². The fraction of sp³-hybridized carbons (Fsp3) is 0.458. The van der Waals surface area contributed by atoms with Crippen molar-refractivity contribution in [3.05, 3.63) is 58.6 Å². The van der Waals surface area contributed by atoms with Crippen LogP contribution >= 0.6 is 11.6 Å². The third-order valence-corrected chi connectivity index (χ3v) is 7.99. The summed E-state index contributed by atoms with van der Waals surface area (Å²) < 4.78 is 33.5. The molecule has 0 aromatic heterocycles. The van der Waals surface area contributed by atoms with Gasteiger partial charge in [0.25, 0.3) is 5.91 Å². The van der Waals surface area contributed by atoms with Crippen molar-refractivity contribution in [2.24, 2.45) is 0 Å². The Morgan fingerprint density at radius 1 is 1.09 bits per heavy atom. The number of likely N-dealkylation sites (N-methyl/N-ethyl adjacent to an activating group) is 1. The van der Waals surface area contributed by atoms with Crippen LogP contribution in [0.5, 0.6) is 5.75 Å². The number of carbonyl (C=O) groups excluding carboxylic acids is 1. The van der Waals surface area contributed by atoms with E-state index in [1.165, 1.54) is 22.5 Å². The minimum Gasteiger partial charge on any atom is -0.491 e. The molecule has 0 bridgehead atoms. The molecule has 0 atom stereocenters. The van der Waals surface area contributed by atoms with Gasteiger partial charge in [0.2, 0.25) is 10.0 Å². The standard InChI is InChI=1S/C24H32ClN3O4S/c1-24(2,3)19-7-5-6-8-21(19)32-16-11-26-23(29)18-9-10-20(25)22(17-18)33(30,31)28-14-12-27(4)13-15-28/h5-10,17H,11-16H2,1-4H3,(H,26,29). The van der Waals surface area contributed by atoms with Gasteiger partial charge in [0.15, 0.2) is 0 Å². The topological polar surface area (TPSA) is 79.0 Å². The van der Waals surface area contributed by atoms with Crippen LogP contribution in [0.4, 0.5) is 0 Å². The number of para-hydroxylation sites is 1. The highest BCUT2D eigenvalue weighted by atomic mass is 35.5. The maximum atomic E-state index is 13.1. The Morgan fingerprint density at radius 3 is 2.42 bits per heavy atom. The predicted molar refractivity (Wildman–Crippen MR) is 131 cm³/mol. The number of benzene rings is 2. The molecule has 2 aromatic rings. The average Bonchev–Trinajstić information content (AvgIpc) is 2.76. The summed E-state index contributed by atoms with van der Waals surface area (Å²) in [6.45, 7) is 8.99. The zero-order chi connectivity index (χ0) is 24.2. The van der Waals surface area contributed by atoms with E-state index in [1.54, 1.807) is 0 Å². The molecule has 1 aliphatic heterocycles. The van der Waals surface area contributed by atoms with E-state index in [0.717, 1.165) is 11.3 Å². The third kappa shape index (κ3) is 6.26. The second-order valence-corrected chi connectivity index (χ2v) is 11.5. The number of carbonyl (C=O) groups is 1. The van der Waals surface area contributed by atoms with E-state index in [1.807, 2.05) is 31.3 Å². The highest BCUT2D eigenvalue weighted by Gasteiger charge is 2.30. The molecular formula is C24H32ClN3O4S. The number of ether oxygens (including phenoxy) is 1. The lowest BCUT2D eigenvalue weighted by atomic mass is 9.86. The van der Waals surface area contributed by atoms with E-state index in [2.05, 4.69) is 31.0 Å². The van der Waals surface area contributed by atoms with Crippen molar-refractivity contribution in [2.75, 3.05) is 46.4 Å². The number of hydrogen-bond acceptors (Lipinski definition) is 5. The second-order valence-electron chi connectivity index (χ2n) is 9.20. The van der Waals surface area contributed by atoms with Crippen LogP contribution in [0, 0.1) is 0 Å². The summed E-state index contributed by atoms with van der Waals surface area (Å²) >= 11 is 6.21. The number of nitrogens with one attached hydrogen (secondary N) is 1. The van der Waals surface area contributed by atoms with Crippen LogP contribution in [0.15, 0.2) is 47.4 Å². The summed E-state index contributed by atoms with van der Waals surface area (Å²) in [6, 6.07) is 12.2. The summed E-state index contributed by atoms with van der Waals surface area (Å²) in [6.07, 6.45) is 0. The highest BCUT2D eigenvalue weighted by Crippen LogP contribution is 2.31. The van der Waals surface area contributed by atoms with E-state index in [0.29, 0.717) is 32.8 Å². The molecule has 0 saturated carbocycles. The maximum Gasteiger partial charge on any atom is 0.251 e. The van der Waals surface area contributed by atoms with Crippen LogP contribution in [-0.4, -0.2) is 69.9 Å². The van der Waals surface area contributed by atoms with Crippen molar-refractivity contribution in [3.63, 3.8) is 0 Å². The molecule has 1 aliphatic rings. The van der Waals surface area contributed by atoms with Gasteiger partial charge in [0.05, 0.1) is 11.6 Å². The summed E-state index contributed by atoms with van der Waals surface area (Å²) in [4.78, 5) is 14.7. The average molecular weight is 494 g/mol. The van der Waals surface area contributed by atoms with Gasteiger partial charge in [-0.25, -0.2) is 8.42 Å². The Labute approximate surface area is 201 Å². The molecule has 33 heavy (non-hydrogen) atoms. The molecule has 0 unspecified atom stereocenters. The van der Waals surface area contributed by atoms with Gasteiger partial charge in [-0.3, -0.25) is 4.79 Å². The normalized spacial score (nSPS) is 15.9. The fourth-order valence-corrected chi connectivity index (χ4v) is 5.57. The van der Waals surface area contributed by atoms with Crippen LogP contribution in [0.1, 0.15) is 36.7 Å². The number of halogens is 1. The van der Waals surface area contributed by atoms with E-state index in [4.69, 9.17) is 16.3 Å². The van der Waals surface area contributed by atoms with Crippen LogP contribution in [0.3, 0.4) is 0 Å². The Hall–Kier alpha value is -2.13. The van der Waals surface area contributed by atoms with E-state index >= 15 is 0 Å². The van der Waals surface area contributed by atoms with E-state index in [9.17, 15) is 13.2 Å². The van der Waals surface area contributed by atoms with E-state index < -0.39 is 10.0 Å². The van der Waals surface area contributed by atoms with Crippen LogP contribution in [-0.2, 0) is 15.4 Å².